The Labute approximate surface area is 116 Å². The van der Waals surface area contributed by atoms with Crippen molar-refractivity contribution < 1.29 is 4.79 Å². The lowest BCUT2D eigenvalue weighted by Gasteiger charge is -2.07. The first kappa shape index (κ1) is 14.5. The van der Waals surface area contributed by atoms with Crippen LogP contribution in [0, 0.1) is 6.92 Å². The lowest BCUT2D eigenvalue weighted by atomic mass is 10.1. The van der Waals surface area contributed by atoms with Gasteiger partial charge in [-0.3, -0.25) is 4.79 Å². The van der Waals surface area contributed by atoms with Crippen LogP contribution in [0.5, 0.6) is 0 Å². The standard InChI is InChI=1S/C13H17BrClNO/c1-10-5-6-12(14)11(9-10)13(17)16-8-4-2-3-7-15/h5-6,9H,2-4,7-8H2,1H3,(H,16,17). The fourth-order valence-electron chi connectivity index (χ4n) is 1.51. The van der Waals surface area contributed by atoms with Gasteiger partial charge >= 0.3 is 0 Å². The van der Waals surface area contributed by atoms with E-state index in [9.17, 15) is 4.79 Å². The van der Waals surface area contributed by atoms with Gasteiger partial charge in [0.25, 0.3) is 5.91 Å². The van der Waals surface area contributed by atoms with Gasteiger partial charge in [-0.1, -0.05) is 18.1 Å². The van der Waals surface area contributed by atoms with Crippen LogP contribution in [-0.4, -0.2) is 18.3 Å². The van der Waals surface area contributed by atoms with Gasteiger partial charge < -0.3 is 5.32 Å². The lowest BCUT2D eigenvalue weighted by Crippen LogP contribution is -2.24. The Morgan fingerprint density at radius 3 is 2.82 bits per heavy atom. The highest BCUT2D eigenvalue weighted by molar-refractivity contribution is 9.10. The topological polar surface area (TPSA) is 29.1 Å². The number of benzene rings is 1. The van der Waals surface area contributed by atoms with Crippen molar-refractivity contribution in [3.63, 3.8) is 0 Å². The Hall–Kier alpha value is -0.540. The van der Waals surface area contributed by atoms with Gasteiger partial charge in [0.1, 0.15) is 0 Å². The Morgan fingerprint density at radius 1 is 1.35 bits per heavy atom. The molecule has 1 amide bonds. The number of rotatable bonds is 6. The molecule has 1 aromatic carbocycles. The average molecular weight is 319 g/mol. The molecule has 1 rings (SSSR count). The SMILES string of the molecule is Cc1ccc(Br)c(C(=O)NCCCCCCl)c1. The number of carbonyl (C=O) groups excluding carboxylic acids is 1. The highest BCUT2D eigenvalue weighted by Gasteiger charge is 2.08. The second-order valence-electron chi connectivity index (χ2n) is 3.99. The van der Waals surface area contributed by atoms with Crippen molar-refractivity contribution in [3.8, 4) is 0 Å². The number of nitrogens with one attached hydrogen (secondary N) is 1. The first-order valence-electron chi connectivity index (χ1n) is 5.75. The summed E-state index contributed by atoms with van der Waals surface area (Å²) in [7, 11) is 0. The summed E-state index contributed by atoms with van der Waals surface area (Å²) in [6.45, 7) is 2.68. The molecule has 0 spiro atoms. The minimum absolute atomic E-state index is 0.0218. The molecular weight excluding hydrogens is 302 g/mol. The van der Waals surface area contributed by atoms with E-state index in [-0.39, 0.29) is 5.91 Å². The molecule has 0 aliphatic heterocycles. The third-order valence-corrected chi connectivity index (χ3v) is 3.42. The van der Waals surface area contributed by atoms with E-state index >= 15 is 0 Å². The third-order valence-electron chi connectivity index (χ3n) is 2.46. The predicted molar refractivity (Wildman–Crippen MR) is 75.8 cm³/mol. The summed E-state index contributed by atoms with van der Waals surface area (Å²) in [6, 6.07) is 5.76. The van der Waals surface area contributed by atoms with Crippen molar-refractivity contribution in [2.24, 2.45) is 0 Å². The molecular formula is C13H17BrClNO. The summed E-state index contributed by atoms with van der Waals surface area (Å²) in [4.78, 5) is 11.9. The molecule has 1 aromatic rings. The maximum absolute atomic E-state index is 11.9. The number of hydrogen-bond donors (Lipinski definition) is 1. The average Bonchev–Trinajstić information content (AvgIpc) is 2.32. The molecule has 94 valence electrons. The van der Waals surface area contributed by atoms with E-state index in [1.54, 1.807) is 0 Å². The minimum atomic E-state index is -0.0218. The highest BCUT2D eigenvalue weighted by Crippen LogP contribution is 2.17. The number of aryl methyl sites for hydroxylation is 1. The first-order valence-corrected chi connectivity index (χ1v) is 7.08. The largest absolute Gasteiger partial charge is 0.352 e. The molecule has 0 saturated carbocycles. The van der Waals surface area contributed by atoms with Crippen LogP contribution in [0.15, 0.2) is 22.7 Å². The zero-order valence-electron chi connectivity index (χ0n) is 9.93. The zero-order valence-corrected chi connectivity index (χ0v) is 12.3. The number of alkyl halides is 1. The van der Waals surface area contributed by atoms with Crippen LogP contribution < -0.4 is 5.32 Å². The summed E-state index contributed by atoms with van der Waals surface area (Å²) in [5.41, 5.74) is 1.78. The van der Waals surface area contributed by atoms with E-state index in [0.717, 1.165) is 29.3 Å². The smallest absolute Gasteiger partial charge is 0.252 e. The van der Waals surface area contributed by atoms with Crippen LogP contribution in [0.1, 0.15) is 35.2 Å². The third kappa shape index (κ3) is 5.09. The lowest BCUT2D eigenvalue weighted by molar-refractivity contribution is 0.0952. The fourth-order valence-corrected chi connectivity index (χ4v) is 2.12. The van der Waals surface area contributed by atoms with Gasteiger partial charge in [0.05, 0.1) is 5.56 Å². The van der Waals surface area contributed by atoms with E-state index in [2.05, 4.69) is 21.2 Å². The Balaban J connectivity index is 2.44. The van der Waals surface area contributed by atoms with Crippen LogP contribution in [0.25, 0.3) is 0 Å². The molecule has 0 heterocycles. The second-order valence-corrected chi connectivity index (χ2v) is 5.22. The van der Waals surface area contributed by atoms with Gasteiger partial charge in [-0.25, -0.2) is 0 Å². The van der Waals surface area contributed by atoms with Gasteiger partial charge in [-0.15, -0.1) is 11.6 Å². The van der Waals surface area contributed by atoms with Crippen LogP contribution in [-0.2, 0) is 0 Å². The Kier molecular flexibility index (Phi) is 6.60. The van der Waals surface area contributed by atoms with E-state index in [1.807, 2.05) is 25.1 Å². The molecule has 0 bridgehead atoms. The van der Waals surface area contributed by atoms with Crippen molar-refractivity contribution in [1.29, 1.82) is 0 Å². The van der Waals surface area contributed by atoms with Gasteiger partial charge in [-0.2, -0.15) is 0 Å². The molecule has 0 aromatic heterocycles. The van der Waals surface area contributed by atoms with Crippen molar-refractivity contribution in [2.75, 3.05) is 12.4 Å². The van der Waals surface area contributed by atoms with Crippen LogP contribution >= 0.6 is 27.5 Å². The number of hydrogen-bond acceptors (Lipinski definition) is 1. The number of halogens is 2. The first-order chi connectivity index (χ1) is 8.15. The summed E-state index contributed by atoms with van der Waals surface area (Å²) in [5.74, 6) is 0.670. The van der Waals surface area contributed by atoms with E-state index in [4.69, 9.17) is 11.6 Å². The van der Waals surface area contributed by atoms with E-state index in [0.29, 0.717) is 18.0 Å². The molecule has 2 nitrogen and oxygen atoms in total. The van der Waals surface area contributed by atoms with Crippen molar-refractivity contribution in [2.45, 2.75) is 26.2 Å². The molecule has 1 N–H and O–H groups in total. The van der Waals surface area contributed by atoms with Crippen LogP contribution in [0.3, 0.4) is 0 Å². The summed E-state index contributed by atoms with van der Waals surface area (Å²) in [5, 5.41) is 2.91. The normalized spacial score (nSPS) is 10.3. The molecule has 4 heteroatoms. The van der Waals surface area contributed by atoms with Crippen molar-refractivity contribution >= 4 is 33.4 Å². The summed E-state index contributed by atoms with van der Waals surface area (Å²) >= 11 is 8.97. The number of carbonyl (C=O) groups is 1. The molecule has 0 radical (unpaired) electrons. The van der Waals surface area contributed by atoms with Crippen LogP contribution in [0.4, 0.5) is 0 Å². The van der Waals surface area contributed by atoms with Crippen LogP contribution in [0.2, 0.25) is 0 Å². The molecule has 0 unspecified atom stereocenters. The van der Waals surface area contributed by atoms with Gasteiger partial charge in [-0.05, 0) is 47.8 Å². The molecule has 0 fully saturated rings. The number of unbranched alkanes of at least 4 members (excludes halogenated alkanes) is 2. The Morgan fingerprint density at radius 2 is 2.12 bits per heavy atom. The predicted octanol–water partition coefficient (Wildman–Crippen LogP) is 3.90. The maximum Gasteiger partial charge on any atom is 0.252 e. The summed E-state index contributed by atoms with van der Waals surface area (Å²) in [6.07, 6.45) is 3.03. The van der Waals surface area contributed by atoms with Gasteiger partial charge in [0.15, 0.2) is 0 Å². The molecule has 0 aliphatic carbocycles. The summed E-state index contributed by atoms with van der Waals surface area (Å²) < 4.78 is 0.835. The van der Waals surface area contributed by atoms with Gasteiger partial charge in [0, 0.05) is 16.9 Å². The zero-order chi connectivity index (χ0) is 12.7. The van der Waals surface area contributed by atoms with E-state index < -0.39 is 0 Å². The minimum Gasteiger partial charge on any atom is -0.352 e. The highest BCUT2D eigenvalue weighted by atomic mass is 79.9. The maximum atomic E-state index is 11.9. The van der Waals surface area contributed by atoms with Gasteiger partial charge in [0.2, 0.25) is 0 Å². The van der Waals surface area contributed by atoms with E-state index in [1.165, 1.54) is 0 Å². The Bertz CT molecular complexity index is 382. The molecule has 0 saturated heterocycles. The van der Waals surface area contributed by atoms with Crippen molar-refractivity contribution in [3.05, 3.63) is 33.8 Å². The molecule has 17 heavy (non-hydrogen) atoms. The number of amides is 1. The monoisotopic (exact) mass is 317 g/mol. The second kappa shape index (κ2) is 7.72. The van der Waals surface area contributed by atoms with Crippen molar-refractivity contribution in [1.82, 2.24) is 5.32 Å². The quantitative estimate of drug-likeness (QED) is 0.625. The molecule has 0 aliphatic rings. The molecule has 0 atom stereocenters. The fraction of sp³-hybridized carbons (Fsp3) is 0.462.